The van der Waals surface area contributed by atoms with Gasteiger partial charge in [-0.05, 0) is 11.1 Å². The predicted molar refractivity (Wildman–Crippen MR) is 68.6 cm³/mol. The van der Waals surface area contributed by atoms with Crippen molar-refractivity contribution in [1.82, 2.24) is 5.32 Å². The highest BCUT2D eigenvalue weighted by atomic mass is 16.3. The molecule has 0 aliphatic heterocycles. The number of hydrogen-bond donors (Lipinski definition) is 3. The molecule has 3 atom stereocenters. The SMILES string of the molecule is CC(=O)NC[C@H]1C=C(c2ccccc2)[C@H](O)[C@@H]1O. The second-order valence-electron chi connectivity index (χ2n) is 4.52. The minimum absolute atomic E-state index is 0.141. The second kappa shape index (κ2) is 5.33. The maximum absolute atomic E-state index is 10.9. The summed E-state index contributed by atoms with van der Waals surface area (Å²) in [4.78, 5) is 10.9. The number of aliphatic hydroxyl groups is 2. The maximum atomic E-state index is 10.9. The highest BCUT2D eigenvalue weighted by molar-refractivity contribution is 5.74. The van der Waals surface area contributed by atoms with E-state index in [0.29, 0.717) is 6.54 Å². The van der Waals surface area contributed by atoms with Crippen LogP contribution >= 0.6 is 0 Å². The first-order valence-electron chi connectivity index (χ1n) is 5.97. The van der Waals surface area contributed by atoms with E-state index in [1.807, 2.05) is 36.4 Å². The molecule has 0 saturated heterocycles. The van der Waals surface area contributed by atoms with Crippen LogP contribution in [0.4, 0.5) is 0 Å². The fraction of sp³-hybridized carbons (Fsp3) is 0.357. The molecule has 1 aliphatic carbocycles. The van der Waals surface area contributed by atoms with E-state index < -0.39 is 12.2 Å². The number of carbonyl (C=O) groups is 1. The number of carbonyl (C=O) groups excluding carboxylic acids is 1. The van der Waals surface area contributed by atoms with Crippen molar-refractivity contribution in [1.29, 1.82) is 0 Å². The van der Waals surface area contributed by atoms with E-state index in [9.17, 15) is 15.0 Å². The molecule has 4 heteroatoms. The highest BCUT2D eigenvalue weighted by Gasteiger charge is 2.34. The monoisotopic (exact) mass is 247 g/mol. The van der Waals surface area contributed by atoms with E-state index in [2.05, 4.69) is 5.32 Å². The van der Waals surface area contributed by atoms with Gasteiger partial charge in [-0.15, -0.1) is 0 Å². The zero-order chi connectivity index (χ0) is 13.1. The summed E-state index contributed by atoms with van der Waals surface area (Å²) in [7, 11) is 0. The van der Waals surface area contributed by atoms with Gasteiger partial charge in [0, 0.05) is 19.4 Å². The van der Waals surface area contributed by atoms with Crippen molar-refractivity contribution in [3.8, 4) is 0 Å². The van der Waals surface area contributed by atoms with Crippen LogP contribution in [0.25, 0.3) is 5.57 Å². The second-order valence-corrected chi connectivity index (χ2v) is 4.52. The Labute approximate surface area is 106 Å². The Morgan fingerprint density at radius 2 is 1.94 bits per heavy atom. The van der Waals surface area contributed by atoms with Crippen molar-refractivity contribution in [3.05, 3.63) is 42.0 Å². The lowest BCUT2D eigenvalue weighted by Crippen LogP contribution is -2.35. The van der Waals surface area contributed by atoms with Crippen LogP contribution < -0.4 is 5.32 Å². The quantitative estimate of drug-likeness (QED) is 0.731. The smallest absolute Gasteiger partial charge is 0.216 e. The van der Waals surface area contributed by atoms with Crippen LogP contribution in [0.15, 0.2) is 36.4 Å². The molecule has 2 rings (SSSR count). The van der Waals surface area contributed by atoms with Gasteiger partial charge >= 0.3 is 0 Å². The van der Waals surface area contributed by atoms with Crippen LogP contribution in [0.5, 0.6) is 0 Å². The van der Waals surface area contributed by atoms with Gasteiger partial charge in [-0.25, -0.2) is 0 Å². The van der Waals surface area contributed by atoms with Crippen molar-refractivity contribution in [2.24, 2.45) is 5.92 Å². The third-order valence-electron chi connectivity index (χ3n) is 3.17. The van der Waals surface area contributed by atoms with E-state index in [1.54, 1.807) is 0 Å². The Morgan fingerprint density at radius 3 is 2.56 bits per heavy atom. The van der Waals surface area contributed by atoms with Crippen molar-refractivity contribution in [2.75, 3.05) is 6.54 Å². The Balaban J connectivity index is 2.16. The summed E-state index contributed by atoms with van der Waals surface area (Å²) in [6, 6.07) is 9.45. The molecule has 0 bridgehead atoms. The third kappa shape index (κ3) is 2.60. The highest BCUT2D eigenvalue weighted by Crippen LogP contribution is 2.32. The van der Waals surface area contributed by atoms with Gasteiger partial charge in [0.05, 0.1) is 6.10 Å². The third-order valence-corrected chi connectivity index (χ3v) is 3.17. The standard InChI is InChI=1S/C14H17NO3/c1-9(16)15-8-11-7-12(14(18)13(11)17)10-5-3-2-4-6-10/h2-7,11,13-14,17-18H,8H2,1H3,(H,15,16)/t11-,13-,14+/m1/s1. The normalized spacial score (nSPS) is 26.8. The lowest BCUT2D eigenvalue weighted by molar-refractivity contribution is -0.119. The van der Waals surface area contributed by atoms with Gasteiger partial charge in [0.2, 0.25) is 5.91 Å². The summed E-state index contributed by atoms with van der Waals surface area (Å²) in [5.74, 6) is -0.391. The van der Waals surface area contributed by atoms with E-state index in [4.69, 9.17) is 0 Å². The molecule has 0 heterocycles. The molecule has 1 aromatic carbocycles. The number of nitrogens with one attached hydrogen (secondary N) is 1. The molecule has 4 nitrogen and oxygen atoms in total. The van der Waals surface area contributed by atoms with Crippen molar-refractivity contribution >= 4 is 11.5 Å². The fourth-order valence-corrected chi connectivity index (χ4v) is 2.18. The number of amides is 1. The molecular weight excluding hydrogens is 230 g/mol. The van der Waals surface area contributed by atoms with Gasteiger partial charge in [0.1, 0.15) is 6.10 Å². The molecule has 0 aromatic heterocycles. The first kappa shape index (κ1) is 12.8. The number of benzene rings is 1. The maximum Gasteiger partial charge on any atom is 0.216 e. The van der Waals surface area contributed by atoms with Gasteiger partial charge in [-0.3, -0.25) is 4.79 Å². The topological polar surface area (TPSA) is 69.6 Å². The first-order chi connectivity index (χ1) is 8.59. The summed E-state index contributed by atoms with van der Waals surface area (Å²) < 4.78 is 0. The number of rotatable bonds is 3. The number of aliphatic hydroxyl groups excluding tert-OH is 2. The van der Waals surface area contributed by atoms with E-state index in [1.165, 1.54) is 6.92 Å². The van der Waals surface area contributed by atoms with Gasteiger partial charge in [0.15, 0.2) is 0 Å². The zero-order valence-electron chi connectivity index (χ0n) is 10.2. The van der Waals surface area contributed by atoms with Crippen LogP contribution in [0.2, 0.25) is 0 Å². The largest absolute Gasteiger partial charge is 0.389 e. The fourth-order valence-electron chi connectivity index (χ4n) is 2.18. The Morgan fingerprint density at radius 1 is 1.28 bits per heavy atom. The molecule has 0 fully saturated rings. The Kier molecular flexibility index (Phi) is 3.79. The van der Waals surface area contributed by atoms with Crippen LogP contribution in [-0.2, 0) is 4.79 Å². The van der Waals surface area contributed by atoms with Crippen molar-refractivity contribution < 1.29 is 15.0 Å². The molecular formula is C14H17NO3. The molecule has 0 saturated carbocycles. The molecule has 0 unspecified atom stereocenters. The molecule has 3 N–H and O–H groups in total. The van der Waals surface area contributed by atoms with Gasteiger partial charge in [0.25, 0.3) is 0 Å². The van der Waals surface area contributed by atoms with E-state index in [0.717, 1.165) is 11.1 Å². The summed E-state index contributed by atoms with van der Waals surface area (Å²) in [6.07, 6.45) is 0.0684. The van der Waals surface area contributed by atoms with Crippen molar-refractivity contribution in [3.63, 3.8) is 0 Å². The molecule has 0 spiro atoms. The molecule has 18 heavy (non-hydrogen) atoms. The summed E-state index contributed by atoms with van der Waals surface area (Å²) >= 11 is 0. The van der Waals surface area contributed by atoms with Crippen LogP contribution in [-0.4, -0.2) is 34.9 Å². The van der Waals surface area contributed by atoms with E-state index in [-0.39, 0.29) is 11.8 Å². The molecule has 0 radical (unpaired) electrons. The average Bonchev–Trinajstić information content (AvgIpc) is 2.65. The lowest BCUT2D eigenvalue weighted by Gasteiger charge is -2.17. The minimum atomic E-state index is -0.897. The van der Waals surface area contributed by atoms with Gasteiger partial charge in [-0.1, -0.05) is 36.4 Å². The molecule has 1 aliphatic rings. The summed E-state index contributed by atoms with van der Waals surface area (Å²) in [5.41, 5.74) is 1.62. The molecule has 96 valence electrons. The molecule has 1 amide bonds. The first-order valence-corrected chi connectivity index (χ1v) is 5.97. The van der Waals surface area contributed by atoms with Gasteiger partial charge in [-0.2, -0.15) is 0 Å². The van der Waals surface area contributed by atoms with Gasteiger partial charge < -0.3 is 15.5 Å². The molecule has 1 aromatic rings. The number of hydrogen-bond acceptors (Lipinski definition) is 3. The zero-order valence-corrected chi connectivity index (χ0v) is 10.2. The predicted octanol–water partition coefficient (Wildman–Crippen LogP) is 0.558. The lowest BCUT2D eigenvalue weighted by atomic mass is 10.0. The van der Waals surface area contributed by atoms with Crippen molar-refractivity contribution in [2.45, 2.75) is 19.1 Å². The Bertz CT molecular complexity index is 455. The average molecular weight is 247 g/mol. The van der Waals surface area contributed by atoms with Crippen LogP contribution in [0.1, 0.15) is 12.5 Å². The Hall–Kier alpha value is -1.65. The van der Waals surface area contributed by atoms with E-state index >= 15 is 0 Å². The minimum Gasteiger partial charge on any atom is -0.389 e. The summed E-state index contributed by atoms with van der Waals surface area (Å²) in [5, 5.41) is 22.6. The summed E-state index contributed by atoms with van der Waals surface area (Å²) in [6.45, 7) is 1.77. The van der Waals surface area contributed by atoms with Crippen LogP contribution in [0.3, 0.4) is 0 Å². The van der Waals surface area contributed by atoms with Crippen LogP contribution in [0, 0.1) is 5.92 Å².